The molecule has 1 saturated carbocycles. The van der Waals surface area contributed by atoms with Gasteiger partial charge in [0.05, 0.1) is 10.7 Å². The van der Waals surface area contributed by atoms with Crippen LogP contribution in [-0.2, 0) is 0 Å². The summed E-state index contributed by atoms with van der Waals surface area (Å²) in [4.78, 5) is 2.51. The third-order valence-corrected chi connectivity index (χ3v) is 5.07. The molecule has 1 aliphatic carbocycles. The summed E-state index contributed by atoms with van der Waals surface area (Å²) < 4.78 is 0. The third kappa shape index (κ3) is 2.48. The molecule has 1 spiro atoms. The molecular weight excluding hydrogens is 256 g/mol. The third-order valence-electron chi connectivity index (χ3n) is 4.75. The summed E-state index contributed by atoms with van der Waals surface area (Å²) in [6.07, 6.45) is 5.33. The van der Waals surface area contributed by atoms with E-state index in [1.54, 1.807) is 0 Å². The van der Waals surface area contributed by atoms with Gasteiger partial charge in [-0.3, -0.25) is 0 Å². The fraction of sp³-hybridized carbons (Fsp3) is 0.625. The second-order valence-corrected chi connectivity index (χ2v) is 6.71. The lowest BCUT2D eigenvalue weighted by atomic mass is 9.92. The summed E-state index contributed by atoms with van der Waals surface area (Å²) >= 11 is 6.43. The topological polar surface area (TPSA) is 15.3 Å². The first-order valence-electron chi connectivity index (χ1n) is 7.37. The summed E-state index contributed by atoms with van der Waals surface area (Å²) in [5.74, 6) is 0. The largest absolute Gasteiger partial charge is 0.364 e. The lowest BCUT2D eigenvalue weighted by Crippen LogP contribution is -2.62. The maximum Gasteiger partial charge on any atom is 0.0639 e. The highest BCUT2D eigenvalue weighted by Gasteiger charge is 2.40. The number of piperazine rings is 1. The number of benzene rings is 1. The fourth-order valence-electron chi connectivity index (χ4n) is 3.56. The van der Waals surface area contributed by atoms with E-state index < -0.39 is 0 Å². The molecule has 1 saturated heterocycles. The van der Waals surface area contributed by atoms with E-state index >= 15 is 0 Å². The van der Waals surface area contributed by atoms with Gasteiger partial charge in [0.2, 0.25) is 0 Å². The van der Waals surface area contributed by atoms with Crippen molar-refractivity contribution in [2.45, 2.75) is 51.1 Å². The van der Waals surface area contributed by atoms with Crippen LogP contribution in [0, 0.1) is 6.92 Å². The molecule has 0 bridgehead atoms. The first-order valence-corrected chi connectivity index (χ1v) is 7.75. The lowest BCUT2D eigenvalue weighted by Gasteiger charge is -2.46. The second-order valence-electron chi connectivity index (χ2n) is 6.30. The van der Waals surface area contributed by atoms with Crippen molar-refractivity contribution in [2.24, 2.45) is 0 Å². The average molecular weight is 279 g/mol. The Morgan fingerprint density at radius 3 is 2.79 bits per heavy atom. The average Bonchev–Trinajstić information content (AvgIpc) is 2.84. The minimum Gasteiger partial charge on any atom is -0.364 e. The van der Waals surface area contributed by atoms with E-state index in [0.29, 0.717) is 11.6 Å². The number of halogens is 1. The van der Waals surface area contributed by atoms with Crippen LogP contribution in [0.15, 0.2) is 18.2 Å². The van der Waals surface area contributed by atoms with E-state index in [2.05, 4.69) is 36.2 Å². The highest BCUT2D eigenvalue weighted by atomic mass is 35.5. The van der Waals surface area contributed by atoms with Gasteiger partial charge >= 0.3 is 0 Å². The Bertz CT molecular complexity index is 466. The van der Waals surface area contributed by atoms with Gasteiger partial charge in [0.25, 0.3) is 0 Å². The maximum atomic E-state index is 6.43. The SMILES string of the molecule is Cc1ccc(Cl)c(N2CC3(CCCC3)NCC2C)c1. The van der Waals surface area contributed by atoms with Crippen LogP contribution in [0.25, 0.3) is 0 Å². The zero-order valence-corrected chi connectivity index (χ0v) is 12.6. The minimum absolute atomic E-state index is 0.333. The molecule has 104 valence electrons. The zero-order valence-electron chi connectivity index (χ0n) is 11.9. The highest BCUT2D eigenvalue weighted by Crippen LogP contribution is 2.37. The van der Waals surface area contributed by atoms with Gasteiger partial charge in [-0.1, -0.05) is 30.5 Å². The zero-order chi connectivity index (χ0) is 13.5. The first-order chi connectivity index (χ1) is 9.10. The predicted molar refractivity (Wildman–Crippen MR) is 82.2 cm³/mol. The standard InChI is InChI=1S/C16H23ClN2/c1-12-5-6-14(17)15(9-12)19-11-16(7-3-4-8-16)18-10-13(19)2/h5-6,9,13,18H,3-4,7-8,10-11H2,1-2H3. The molecule has 3 rings (SSSR count). The van der Waals surface area contributed by atoms with Crippen LogP contribution in [-0.4, -0.2) is 24.7 Å². The first kappa shape index (κ1) is 13.3. The van der Waals surface area contributed by atoms with Crippen LogP contribution in [0.2, 0.25) is 5.02 Å². The summed E-state index contributed by atoms with van der Waals surface area (Å²) in [5, 5.41) is 4.68. The molecule has 2 fully saturated rings. The van der Waals surface area contributed by atoms with Crippen molar-refractivity contribution in [3.8, 4) is 0 Å². The summed E-state index contributed by atoms with van der Waals surface area (Å²) in [5.41, 5.74) is 2.83. The number of hydrogen-bond donors (Lipinski definition) is 1. The van der Waals surface area contributed by atoms with Crippen LogP contribution in [0.1, 0.15) is 38.2 Å². The van der Waals surface area contributed by atoms with Crippen molar-refractivity contribution in [1.29, 1.82) is 0 Å². The fourth-order valence-corrected chi connectivity index (χ4v) is 3.79. The maximum absolute atomic E-state index is 6.43. The summed E-state index contributed by atoms with van der Waals surface area (Å²) in [6, 6.07) is 6.85. The Kier molecular flexibility index (Phi) is 3.48. The smallest absolute Gasteiger partial charge is 0.0639 e. The number of hydrogen-bond acceptors (Lipinski definition) is 2. The molecule has 1 N–H and O–H groups in total. The van der Waals surface area contributed by atoms with Crippen LogP contribution in [0.4, 0.5) is 5.69 Å². The Morgan fingerprint density at radius 1 is 1.32 bits per heavy atom. The van der Waals surface area contributed by atoms with Gasteiger partial charge in [0, 0.05) is 24.7 Å². The lowest BCUT2D eigenvalue weighted by molar-refractivity contribution is 0.276. The normalized spacial score (nSPS) is 26.1. The van der Waals surface area contributed by atoms with Crippen LogP contribution < -0.4 is 10.2 Å². The molecule has 19 heavy (non-hydrogen) atoms. The summed E-state index contributed by atoms with van der Waals surface area (Å²) in [7, 11) is 0. The molecule has 0 aromatic heterocycles. The molecule has 2 aliphatic rings. The van der Waals surface area contributed by atoms with E-state index in [-0.39, 0.29) is 0 Å². The molecule has 0 radical (unpaired) electrons. The Morgan fingerprint density at radius 2 is 2.05 bits per heavy atom. The van der Waals surface area contributed by atoms with Crippen LogP contribution in [0.5, 0.6) is 0 Å². The van der Waals surface area contributed by atoms with Gasteiger partial charge in [-0.2, -0.15) is 0 Å². The number of nitrogens with zero attached hydrogens (tertiary/aromatic N) is 1. The summed E-state index contributed by atoms with van der Waals surface area (Å²) in [6.45, 7) is 6.58. The van der Waals surface area contributed by atoms with Crippen LogP contribution in [0.3, 0.4) is 0 Å². The van der Waals surface area contributed by atoms with Crippen molar-refractivity contribution in [3.05, 3.63) is 28.8 Å². The molecule has 1 unspecified atom stereocenters. The van der Waals surface area contributed by atoms with Gasteiger partial charge in [0.1, 0.15) is 0 Å². The number of rotatable bonds is 1. The molecule has 1 aromatic carbocycles. The Hall–Kier alpha value is -0.730. The van der Waals surface area contributed by atoms with Gasteiger partial charge in [-0.15, -0.1) is 0 Å². The Labute approximate surface area is 121 Å². The van der Waals surface area contributed by atoms with E-state index in [1.807, 2.05) is 6.07 Å². The molecule has 3 heteroatoms. The quantitative estimate of drug-likeness (QED) is 0.841. The van der Waals surface area contributed by atoms with Gasteiger partial charge in [0.15, 0.2) is 0 Å². The van der Waals surface area contributed by atoms with Crippen molar-refractivity contribution in [1.82, 2.24) is 5.32 Å². The Balaban J connectivity index is 1.91. The minimum atomic E-state index is 0.333. The predicted octanol–water partition coefficient (Wildman–Crippen LogP) is 3.76. The van der Waals surface area contributed by atoms with Gasteiger partial charge < -0.3 is 10.2 Å². The molecule has 1 aromatic rings. The monoisotopic (exact) mass is 278 g/mol. The van der Waals surface area contributed by atoms with E-state index in [0.717, 1.165) is 18.1 Å². The van der Waals surface area contributed by atoms with Crippen molar-refractivity contribution >= 4 is 17.3 Å². The molecule has 1 aliphatic heterocycles. The van der Waals surface area contributed by atoms with Crippen molar-refractivity contribution < 1.29 is 0 Å². The van der Waals surface area contributed by atoms with E-state index in [9.17, 15) is 0 Å². The number of aryl methyl sites for hydroxylation is 1. The van der Waals surface area contributed by atoms with Crippen molar-refractivity contribution in [3.63, 3.8) is 0 Å². The molecule has 2 nitrogen and oxygen atoms in total. The molecule has 1 heterocycles. The van der Waals surface area contributed by atoms with Crippen molar-refractivity contribution in [2.75, 3.05) is 18.0 Å². The van der Waals surface area contributed by atoms with E-state index in [4.69, 9.17) is 11.6 Å². The second kappa shape index (κ2) is 4.99. The van der Waals surface area contributed by atoms with Gasteiger partial charge in [-0.25, -0.2) is 0 Å². The number of anilines is 1. The van der Waals surface area contributed by atoms with Gasteiger partial charge in [-0.05, 0) is 44.4 Å². The number of nitrogens with one attached hydrogen (secondary N) is 1. The highest BCUT2D eigenvalue weighted by molar-refractivity contribution is 6.33. The molecule has 0 amide bonds. The van der Waals surface area contributed by atoms with E-state index in [1.165, 1.54) is 36.9 Å². The molecular formula is C16H23ClN2. The molecule has 1 atom stereocenters. The van der Waals surface area contributed by atoms with Crippen LogP contribution >= 0.6 is 11.6 Å².